The summed E-state index contributed by atoms with van der Waals surface area (Å²) in [5.41, 5.74) is 1.16. The fraction of sp³-hybridized carbons (Fsp3) is 0.381. The highest BCUT2D eigenvalue weighted by Gasteiger charge is 2.16. The van der Waals surface area contributed by atoms with Gasteiger partial charge in [0, 0.05) is 0 Å². The second-order valence-corrected chi connectivity index (χ2v) is 6.24. The maximum absolute atomic E-state index is 12.2. The molecule has 26 heavy (non-hydrogen) atoms. The molecule has 5 heteroatoms. The van der Waals surface area contributed by atoms with E-state index in [1.54, 1.807) is 26.2 Å². The first-order valence-corrected chi connectivity index (χ1v) is 8.82. The number of amides is 1. The van der Waals surface area contributed by atoms with Crippen LogP contribution in [0.5, 0.6) is 17.2 Å². The summed E-state index contributed by atoms with van der Waals surface area (Å²) in [5, 5.41) is 2.83. The van der Waals surface area contributed by atoms with Crippen molar-refractivity contribution in [3.63, 3.8) is 0 Å². The molecule has 0 aliphatic carbocycles. The zero-order valence-electron chi connectivity index (χ0n) is 15.8. The number of hydrogen-bond donors (Lipinski definition) is 1. The standard InChI is InChI=1S/C21H27NO4/c1-15(2)17-9-5-6-10-18(17)25-14-13-22-21(23)16(3)26-20-12-8-7-11-19(20)24-4/h5-12,15-16H,13-14H2,1-4H3,(H,22,23). The second kappa shape index (κ2) is 9.70. The molecule has 2 aromatic rings. The molecule has 0 saturated carbocycles. The zero-order valence-corrected chi connectivity index (χ0v) is 15.8. The molecule has 2 rings (SSSR count). The predicted octanol–water partition coefficient (Wildman–Crippen LogP) is 3.78. The third-order valence-corrected chi connectivity index (χ3v) is 3.94. The lowest BCUT2D eigenvalue weighted by atomic mass is 10.0. The normalized spacial score (nSPS) is 11.7. The van der Waals surface area contributed by atoms with E-state index < -0.39 is 6.10 Å². The molecule has 2 aromatic carbocycles. The predicted molar refractivity (Wildman–Crippen MR) is 102 cm³/mol. The average molecular weight is 357 g/mol. The number of rotatable bonds is 9. The van der Waals surface area contributed by atoms with Crippen LogP contribution in [-0.2, 0) is 4.79 Å². The summed E-state index contributed by atoms with van der Waals surface area (Å²) in [4.78, 5) is 12.2. The van der Waals surface area contributed by atoms with Crippen LogP contribution >= 0.6 is 0 Å². The van der Waals surface area contributed by atoms with E-state index in [-0.39, 0.29) is 5.91 Å². The lowest BCUT2D eigenvalue weighted by Crippen LogP contribution is -2.38. The van der Waals surface area contributed by atoms with Crippen LogP contribution in [0, 0.1) is 0 Å². The molecule has 0 fully saturated rings. The van der Waals surface area contributed by atoms with Gasteiger partial charge in [0.15, 0.2) is 17.6 Å². The molecule has 1 unspecified atom stereocenters. The first-order valence-electron chi connectivity index (χ1n) is 8.82. The Balaban J connectivity index is 1.80. The zero-order chi connectivity index (χ0) is 18.9. The number of benzene rings is 2. The van der Waals surface area contributed by atoms with Gasteiger partial charge in [-0.15, -0.1) is 0 Å². The monoisotopic (exact) mass is 357 g/mol. The van der Waals surface area contributed by atoms with E-state index in [0.717, 1.165) is 11.3 Å². The number of para-hydroxylation sites is 3. The van der Waals surface area contributed by atoms with Crippen molar-refractivity contribution < 1.29 is 19.0 Å². The molecule has 0 aromatic heterocycles. The van der Waals surface area contributed by atoms with E-state index in [1.165, 1.54) is 0 Å². The molecule has 1 N–H and O–H groups in total. The van der Waals surface area contributed by atoms with Crippen LogP contribution in [0.2, 0.25) is 0 Å². The highest BCUT2D eigenvalue weighted by molar-refractivity contribution is 5.80. The van der Waals surface area contributed by atoms with Crippen LogP contribution in [0.1, 0.15) is 32.3 Å². The first-order chi connectivity index (χ1) is 12.5. The van der Waals surface area contributed by atoms with Crippen molar-refractivity contribution in [1.82, 2.24) is 5.32 Å². The molecule has 140 valence electrons. The van der Waals surface area contributed by atoms with Gasteiger partial charge in [0.2, 0.25) is 0 Å². The summed E-state index contributed by atoms with van der Waals surface area (Å²) in [6.45, 7) is 6.76. The highest BCUT2D eigenvalue weighted by atomic mass is 16.5. The molecule has 0 spiro atoms. The van der Waals surface area contributed by atoms with Crippen LogP contribution in [0.15, 0.2) is 48.5 Å². The third kappa shape index (κ3) is 5.41. The van der Waals surface area contributed by atoms with Gasteiger partial charge in [-0.05, 0) is 36.6 Å². The van der Waals surface area contributed by atoms with Crippen molar-refractivity contribution >= 4 is 5.91 Å². The summed E-state index contributed by atoms with van der Waals surface area (Å²) in [6.07, 6.45) is -0.630. The summed E-state index contributed by atoms with van der Waals surface area (Å²) < 4.78 is 16.7. The molecule has 0 aliphatic rings. The van der Waals surface area contributed by atoms with Crippen molar-refractivity contribution in [1.29, 1.82) is 0 Å². The third-order valence-electron chi connectivity index (χ3n) is 3.94. The summed E-state index contributed by atoms with van der Waals surface area (Å²) >= 11 is 0. The first kappa shape index (κ1) is 19.6. The highest BCUT2D eigenvalue weighted by Crippen LogP contribution is 2.27. The molecule has 0 bridgehead atoms. The van der Waals surface area contributed by atoms with Gasteiger partial charge in [-0.25, -0.2) is 0 Å². The van der Waals surface area contributed by atoms with Crippen LogP contribution < -0.4 is 19.5 Å². The number of carbonyl (C=O) groups excluding carboxylic acids is 1. The number of nitrogens with one attached hydrogen (secondary N) is 1. The van der Waals surface area contributed by atoms with Crippen LogP contribution in [0.25, 0.3) is 0 Å². The number of hydrogen-bond acceptors (Lipinski definition) is 4. The Morgan fingerprint density at radius 1 is 0.962 bits per heavy atom. The molecule has 0 aliphatic heterocycles. The average Bonchev–Trinajstić information content (AvgIpc) is 2.65. The van der Waals surface area contributed by atoms with Gasteiger partial charge in [-0.2, -0.15) is 0 Å². The lowest BCUT2D eigenvalue weighted by Gasteiger charge is -2.17. The Hall–Kier alpha value is -2.69. The van der Waals surface area contributed by atoms with Crippen molar-refractivity contribution in [2.75, 3.05) is 20.3 Å². The van der Waals surface area contributed by atoms with Crippen molar-refractivity contribution in [2.24, 2.45) is 0 Å². The fourth-order valence-electron chi connectivity index (χ4n) is 2.53. The van der Waals surface area contributed by atoms with Crippen LogP contribution in [0.3, 0.4) is 0 Å². The number of methoxy groups -OCH3 is 1. The Kier molecular flexibility index (Phi) is 7.33. The molecule has 1 atom stereocenters. The molecular formula is C21H27NO4. The van der Waals surface area contributed by atoms with Gasteiger partial charge >= 0.3 is 0 Å². The van der Waals surface area contributed by atoms with Gasteiger partial charge < -0.3 is 19.5 Å². The Bertz CT molecular complexity index is 715. The van der Waals surface area contributed by atoms with Gasteiger partial charge in [-0.1, -0.05) is 44.2 Å². The van der Waals surface area contributed by atoms with E-state index in [1.807, 2.05) is 30.3 Å². The summed E-state index contributed by atoms with van der Waals surface area (Å²) in [6, 6.07) is 15.2. The maximum Gasteiger partial charge on any atom is 0.260 e. The molecule has 0 heterocycles. The van der Waals surface area contributed by atoms with E-state index in [4.69, 9.17) is 14.2 Å². The molecule has 1 amide bonds. The van der Waals surface area contributed by atoms with Crippen molar-refractivity contribution in [2.45, 2.75) is 32.8 Å². The number of carbonyl (C=O) groups is 1. The lowest BCUT2D eigenvalue weighted by molar-refractivity contribution is -0.127. The van der Waals surface area contributed by atoms with E-state index >= 15 is 0 Å². The van der Waals surface area contributed by atoms with E-state index in [0.29, 0.717) is 30.6 Å². The maximum atomic E-state index is 12.2. The minimum Gasteiger partial charge on any atom is -0.493 e. The van der Waals surface area contributed by atoms with Crippen LogP contribution in [0.4, 0.5) is 0 Å². The minimum absolute atomic E-state index is 0.198. The number of ether oxygens (including phenoxy) is 3. The topological polar surface area (TPSA) is 56.8 Å². The molecule has 5 nitrogen and oxygen atoms in total. The molecule has 0 radical (unpaired) electrons. The largest absolute Gasteiger partial charge is 0.493 e. The molecular weight excluding hydrogens is 330 g/mol. The van der Waals surface area contributed by atoms with Gasteiger partial charge in [-0.3, -0.25) is 4.79 Å². The Labute approximate surface area is 155 Å². The van der Waals surface area contributed by atoms with Crippen molar-refractivity contribution in [3.05, 3.63) is 54.1 Å². The SMILES string of the molecule is COc1ccccc1OC(C)C(=O)NCCOc1ccccc1C(C)C. The summed E-state index contributed by atoms with van der Waals surface area (Å²) in [7, 11) is 1.57. The molecule has 0 saturated heterocycles. The Morgan fingerprint density at radius 3 is 2.23 bits per heavy atom. The minimum atomic E-state index is -0.630. The van der Waals surface area contributed by atoms with Gasteiger partial charge in [0.1, 0.15) is 12.4 Å². The second-order valence-electron chi connectivity index (χ2n) is 6.24. The van der Waals surface area contributed by atoms with E-state index in [9.17, 15) is 4.79 Å². The fourth-order valence-corrected chi connectivity index (χ4v) is 2.53. The van der Waals surface area contributed by atoms with Crippen molar-refractivity contribution in [3.8, 4) is 17.2 Å². The van der Waals surface area contributed by atoms with E-state index in [2.05, 4.69) is 25.2 Å². The van der Waals surface area contributed by atoms with Gasteiger partial charge in [0.05, 0.1) is 13.7 Å². The summed E-state index contributed by atoms with van der Waals surface area (Å²) in [5.74, 6) is 2.18. The quantitative estimate of drug-likeness (QED) is 0.694. The van der Waals surface area contributed by atoms with Crippen LogP contribution in [-0.4, -0.2) is 32.3 Å². The van der Waals surface area contributed by atoms with Gasteiger partial charge in [0.25, 0.3) is 5.91 Å². The smallest absolute Gasteiger partial charge is 0.260 e. The Morgan fingerprint density at radius 2 is 1.58 bits per heavy atom.